The van der Waals surface area contributed by atoms with E-state index in [2.05, 4.69) is 4.98 Å². The molecule has 0 radical (unpaired) electrons. The van der Waals surface area contributed by atoms with Gasteiger partial charge in [-0.05, 0) is 25.0 Å². The van der Waals surface area contributed by atoms with E-state index in [-0.39, 0.29) is 22.8 Å². The summed E-state index contributed by atoms with van der Waals surface area (Å²) in [5, 5.41) is 7.12. The van der Waals surface area contributed by atoms with E-state index in [1.165, 1.54) is 12.3 Å². The van der Waals surface area contributed by atoms with Crippen molar-refractivity contribution in [3.8, 4) is 5.88 Å². The first-order valence-corrected chi connectivity index (χ1v) is 10.3. The maximum atomic E-state index is 13.6. The molecule has 12 heteroatoms. The zero-order chi connectivity index (χ0) is 21.9. The molecule has 1 aromatic rings. The number of carbonyl (C=O) groups excluding carboxylic acids is 1. The molecule has 1 aromatic heterocycles. The molecule has 30 heavy (non-hydrogen) atoms. The molecule has 3 aliphatic rings. The Labute approximate surface area is 174 Å². The summed E-state index contributed by atoms with van der Waals surface area (Å²) in [5.74, 6) is -2.27. The SMILES string of the molecule is O=C(N1CCCC1)N1CC2(CC(Oc3ncccc3F)CS2)C1.O=C(O)C(F)(F)F. The molecule has 1 atom stereocenters. The first-order chi connectivity index (χ1) is 14.1. The number of pyridine rings is 1. The summed E-state index contributed by atoms with van der Waals surface area (Å²) >= 11 is 1.84. The number of urea groups is 1. The predicted molar refractivity (Wildman–Crippen MR) is 99.9 cm³/mol. The second-order valence-corrected chi connectivity index (χ2v) is 8.85. The summed E-state index contributed by atoms with van der Waals surface area (Å²) in [4.78, 5) is 29.1. The Balaban J connectivity index is 0.000000318. The van der Waals surface area contributed by atoms with Gasteiger partial charge in [0, 0.05) is 44.5 Å². The van der Waals surface area contributed by atoms with Gasteiger partial charge in [-0.2, -0.15) is 13.2 Å². The summed E-state index contributed by atoms with van der Waals surface area (Å²) in [6, 6.07) is 3.09. The minimum absolute atomic E-state index is 0.0339. The number of aromatic nitrogens is 1. The monoisotopic (exact) mass is 451 g/mol. The van der Waals surface area contributed by atoms with Gasteiger partial charge in [0.05, 0.1) is 4.75 Å². The molecule has 0 saturated carbocycles. The van der Waals surface area contributed by atoms with Crippen LogP contribution in [0.1, 0.15) is 19.3 Å². The minimum atomic E-state index is -5.08. The van der Waals surface area contributed by atoms with Gasteiger partial charge in [-0.15, -0.1) is 11.8 Å². The highest BCUT2D eigenvalue weighted by molar-refractivity contribution is 8.01. The van der Waals surface area contributed by atoms with Crippen LogP contribution in [0, 0.1) is 5.82 Å². The fourth-order valence-electron chi connectivity index (χ4n) is 3.61. The molecule has 4 heterocycles. The number of aliphatic carboxylic acids is 1. The second kappa shape index (κ2) is 8.86. The number of ether oxygens (including phenoxy) is 1. The van der Waals surface area contributed by atoms with Crippen molar-refractivity contribution in [3.05, 3.63) is 24.1 Å². The number of amides is 2. The molecule has 3 aliphatic heterocycles. The smallest absolute Gasteiger partial charge is 0.475 e. The molecule has 0 aliphatic carbocycles. The van der Waals surface area contributed by atoms with Crippen molar-refractivity contribution in [2.24, 2.45) is 0 Å². The van der Waals surface area contributed by atoms with Gasteiger partial charge in [-0.25, -0.2) is 19.0 Å². The summed E-state index contributed by atoms with van der Waals surface area (Å²) in [6.45, 7) is 3.33. The Hall–Kier alpha value is -2.24. The van der Waals surface area contributed by atoms with E-state index in [0.717, 1.165) is 51.2 Å². The van der Waals surface area contributed by atoms with Crippen molar-refractivity contribution < 1.29 is 37.0 Å². The summed E-state index contributed by atoms with van der Waals surface area (Å²) in [5.41, 5.74) is 0. The largest absolute Gasteiger partial charge is 0.490 e. The van der Waals surface area contributed by atoms with Crippen molar-refractivity contribution in [1.29, 1.82) is 0 Å². The fourth-order valence-corrected chi connectivity index (χ4v) is 5.13. The highest BCUT2D eigenvalue weighted by Gasteiger charge is 2.52. The maximum Gasteiger partial charge on any atom is 0.490 e. The number of alkyl halides is 3. The van der Waals surface area contributed by atoms with Gasteiger partial charge in [0.1, 0.15) is 6.10 Å². The van der Waals surface area contributed by atoms with Gasteiger partial charge in [-0.3, -0.25) is 0 Å². The quantitative estimate of drug-likeness (QED) is 0.697. The van der Waals surface area contributed by atoms with Crippen LogP contribution < -0.4 is 4.74 Å². The first kappa shape index (κ1) is 22.4. The van der Waals surface area contributed by atoms with E-state index < -0.39 is 18.0 Å². The Morgan fingerprint density at radius 3 is 2.43 bits per heavy atom. The number of nitrogens with zero attached hydrogens (tertiary/aromatic N) is 3. The lowest BCUT2D eigenvalue weighted by molar-refractivity contribution is -0.192. The van der Waals surface area contributed by atoms with Crippen molar-refractivity contribution in [3.63, 3.8) is 0 Å². The molecule has 0 bridgehead atoms. The number of thioether (sulfide) groups is 1. The van der Waals surface area contributed by atoms with Crippen LogP contribution in [0.5, 0.6) is 5.88 Å². The van der Waals surface area contributed by atoms with Gasteiger partial charge in [0.25, 0.3) is 5.88 Å². The molecule has 3 fully saturated rings. The highest BCUT2D eigenvalue weighted by atomic mass is 32.2. The standard InChI is InChI=1S/C16H20FN3O2S.C2HF3O2/c17-13-4-3-5-18-14(13)22-12-8-16(23-9-12)10-20(11-16)15(21)19-6-1-2-7-19;3-2(4,5)1(6)7/h3-5,12H,1-2,6-11H2;(H,6,7). The second-order valence-electron chi connectivity index (χ2n) is 7.36. The van der Waals surface area contributed by atoms with Gasteiger partial charge in [0.15, 0.2) is 5.82 Å². The number of hydrogen-bond acceptors (Lipinski definition) is 5. The van der Waals surface area contributed by atoms with Crippen LogP contribution in [-0.4, -0.2) is 80.8 Å². The molecule has 3 saturated heterocycles. The van der Waals surface area contributed by atoms with E-state index in [0.29, 0.717) is 0 Å². The normalized spacial score (nSPS) is 22.3. The van der Waals surface area contributed by atoms with Crippen LogP contribution >= 0.6 is 11.8 Å². The van der Waals surface area contributed by atoms with E-state index in [9.17, 15) is 22.4 Å². The lowest BCUT2D eigenvalue weighted by Crippen LogP contribution is -2.63. The lowest BCUT2D eigenvalue weighted by Gasteiger charge is -2.48. The van der Waals surface area contributed by atoms with Gasteiger partial charge < -0.3 is 19.6 Å². The zero-order valence-electron chi connectivity index (χ0n) is 15.9. The molecule has 1 N–H and O–H groups in total. The minimum Gasteiger partial charge on any atom is -0.475 e. The zero-order valence-corrected chi connectivity index (χ0v) is 16.7. The van der Waals surface area contributed by atoms with Crippen molar-refractivity contribution >= 4 is 23.8 Å². The van der Waals surface area contributed by atoms with E-state index in [1.54, 1.807) is 6.07 Å². The molecule has 166 valence electrons. The molecular weight excluding hydrogens is 430 g/mol. The van der Waals surface area contributed by atoms with Crippen LogP contribution in [0.3, 0.4) is 0 Å². The number of carboxylic acids is 1. The average Bonchev–Trinajstić information content (AvgIpc) is 3.32. The third-order valence-electron chi connectivity index (χ3n) is 5.03. The molecule has 2 amide bonds. The molecule has 1 unspecified atom stereocenters. The third-order valence-corrected chi connectivity index (χ3v) is 6.60. The number of carbonyl (C=O) groups is 2. The predicted octanol–water partition coefficient (Wildman–Crippen LogP) is 3.01. The molecule has 0 aromatic carbocycles. The number of halogens is 4. The van der Waals surface area contributed by atoms with Crippen LogP contribution in [0.25, 0.3) is 0 Å². The lowest BCUT2D eigenvalue weighted by atomic mass is 9.93. The summed E-state index contributed by atoms with van der Waals surface area (Å²) in [6.07, 6.45) is -0.503. The van der Waals surface area contributed by atoms with Crippen LogP contribution in [-0.2, 0) is 4.79 Å². The van der Waals surface area contributed by atoms with Gasteiger partial charge in [-0.1, -0.05) is 0 Å². The Bertz CT molecular complexity index is 783. The Morgan fingerprint density at radius 2 is 1.87 bits per heavy atom. The van der Waals surface area contributed by atoms with E-state index in [4.69, 9.17) is 14.6 Å². The van der Waals surface area contributed by atoms with E-state index in [1.807, 2.05) is 21.6 Å². The summed E-state index contributed by atoms with van der Waals surface area (Å²) in [7, 11) is 0. The van der Waals surface area contributed by atoms with E-state index >= 15 is 0 Å². The average molecular weight is 451 g/mol. The van der Waals surface area contributed by atoms with Crippen molar-refractivity contribution in [2.75, 3.05) is 31.9 Å². The van der Waals surface area contributed by atoms with Gasteiger partial charge >= 0.3 is 18.2 Å². The maximum absolute atomic E-state index is 13.6. The number of likely N-dealkylation sites (tertiary alicyclic amines) is 2. The number of hydrogen-bond donors (Lipinski definition) is 1. The summed E-state index contributed by atoms with van der Waals surface area (Å²) < 4.78 is 51.2. The van der Waals surface area contributed by atoms with Gasteiger partial charge in [0.2, 0.25) is 0 Å². The third kappa shape index (κ3) is 5.27. The molecule has 7 nitrogen and oxygen atoms in total. The number of rotatable bonds is 2. The topological polar surface area (TPSA) is 83.0 Å². The van der Waals surface area contributed by atoms with Crippen LogP contribution in [0.15, 0.2) is 18.3 Å². The van der Waals surface area contributed by atoms with Crippen LogP contribution in [0.2, 0.25) is 0 Å². The fraction of sp³-hybridized carbons (Fsp3) is 0.611. The highest BCUT2D eigenvalue weighted by Crippen LogP contribution is 2.46. The van der Waals surface area contributed by atoms with Crippen molar-refractivity contribution in [1.82, 2.24) is 14.8 Å². The first-order valence-electron chi connectivity index (χ1n) is 9.35. The molecular formula is C18H21F4N3O4S. The molecule has 1 spiro atoms. The molecule has 4 rings (SSSR count). The van der Waals surface area contributed by atoms with Crippen molar-refractivity contribution in [2.45, 2.75) is 36.3 Å². The number of carboxylic acid groups (broad SMARTS) is 1. The van der Waals surface area contributed by atoms with Crippen LogP contribution in [0.4, 0.5) is 22.4 Å². The Kier molecular flexibility index (Phi) is 6.63. The Morgan fingerprint density at radius 1 is 1.23 bits per heavy atom.